The van der Waals surface area contributed by atoms with E-state index in [4.69, 9.17) is 0 Å². The van der Waals surface area contributed by atoms with E-state index in [0.29, 0.717) is 0 Å². The van der Waals surface area contributed by atoms with Crippen molar-refractivity contribution < 1.29 is 0 Å². The van der Waals surface area contributed by atoms with Gasteiger partial charge >= 0.3 is 0 Å². The second-order valence-electron chi connectivity index (χ2n) is 5.77. The largest absolute Gasteiger partial charge is 0.313 e. The van der Waals surface area contributed by atoms with Gasteiger partial charge in [0, 0.05) is 12.6 Å². The molecule has 15 heavy (non-hydrogen) atoms. The molecule has 0 aliphatic carbocycles. The minimum absolute atomic E-state index is 0.723. The van der Waals surface area contributed by atoms with Crippen LogP contribution < -0.4 is 5.32 Å². The Kier molecular flexibility index (Phi) is 5.07. The van der Waals surface area contributed by atoms with Crippen LogP contribution >= 0.6 is 0 Å². The van der Waals surface area contributed by atoms with Gasteiger partial charge in [0.1, 0.15) is 0 Å². The Hall–Kier alpha value is -0.0800. The van der Waals surface area contributed by atoms with Crippen LogP contribution in [0.3, 0.4) is 0 Å². The Balaban J connectivity index is 2.60. The van der Waals surface area contributed by atoms with Gasteiger partial charge in [0.25, 0.3) is 0 Å². The molecule has 1 N–H and O–H groups in total. The molecule has 1 saturated heterocycles. The summed E-state index contributed by atoms with van der Waals surface area (Å²) in [5.41, 5.74) is 0. The van der Waals surface area contributed by atoms with Crippen LogP contribution in [0.15, 0.2) is 0 Å². The topological polar surface area (TPSA) is 15.3 Å². The third-order valence-electron chi connectivity index (χ3n) is 3.72. The van der Waals surface area contributed by atoms with Gasteiger partial charge in [-0.25, -0.2) is 0 Å². The van der Waals surface area contributed by atoms with E-state index >= 15 is 0 Å². The molecule has 1 aliphatic heterocycles. The molecule has 2 heteroatoms. The normalized spacial score (nSPS) is 29.8. The monoisotopic (exact) mass is 212 g/mol. The summed E-state index contributed by atoms with van der Waals surface area (Å²) in [4.78, 5) is 2.33. The molecule has 0 aromatic carbocycles. The lowest BCUT2D eigenvalue weighted by atomic mass is 9.78. The van der Waals surface area contributed by atoms with Crippen LogP contribution in [0.1, 0.15) is 33.6 Å². The average molecular weight is 212 g/mol. The summed E-state index contributed by atoms with van der Waals surface area (Å²) in [6.45, 7) is 9.54. The lowest BCUT2D eigenvalue weighted by Gasteiger charge is -2.39. The van der Waals surface area contributed by atoms with Crippen molar-refractivity contribution in [2.24, 2.45) is 17.8 Å². The molecule has 3 unspecified atom stereocenters. The smallest absolute Gasteiger partial charge is 0.0136 e. The van der Waals surface area contributed by atoms with Crippen molar-refractivity contribution in [3.05, 3.63) is 0 Å². The summed E-state index contributed by atoms with van der Waals surface area (Å²) >= 11 is 0. The van der Waals surface area contributed by atoms with E-state index in [1.54, 1.807) is 0 Å². The summed E-state index contributed by atoms with van der Waals surface area (Å²) in [6.07, 6.45) is 2.75. The van der Waals surface area contributed by atoms with E-state index in [0.717, 1.165) is 23.8 Å². The van der Waals surface area contributed by atoms with Gasteiger partial charge in [-0.15, -0.1) is 0 Å². The summed E-state index contributed by atoms with van der Waals surface area (Å²) in [5.74, 6) is 2.40. The van der Waals surface area contributed by atoms with Crippen LogP contribution in [0.4, 0.5) is 0 Å². The van der Waals surface area contributed by atoms with Gasteiger partial charge in [0.05, 0.1) is 0 Å². The Morgan fingerprint density at radius 1 is 1.33 bits per heavy atom. The average Bonchev–Trinajstić information content (AvgIpc) is 2.15. The molecular formula is C13H28N2. The fraction of sp³-hybridized carbons (Fsp3) is 1.00. The van der Waals surface area contributed by atoms with Crippen molar-refractivity contribution in [3.63, 3.8) is 0 Å². The van der Waals surface area contributed by atoms with Crippen LogP contribution in [0, 0.1) is 17.8 Å². The van der Waals surface area contributed by atoms with Crippen molar-refractivity contribution in [1.29, 1.82) is 0 Å². The summed E-state index contributed by atoms with van der Waals surface area (Å²) < 4.78 is 0. The van der Waals surface area contributed by atoms with Gasteiger partial charge in [-0.05, 0) is 51.2 Å². The van der Waals surface area contributed by atoms with E-state index < -0.39 is 0 Å². The molecule has 1 heterocycles. The predicted octanol–water partition coefficient (Wildman–Crippen LogP) is 2.21. The van der Waals surface area contributed by atoms with E-state index in [2.05, 4.69) is 45.1 Å². The van der Waals surface area contributed by atoms with Crippen molar-refractivity contribution in [2.45, 2.75) is 39.7 Å². The molecule has 1 aliphatic rings. The third kappa shape index (κ3) is 3.76. The van der Waals surface area contributed by atoms with Crippen LogP contribution in [-0.4, -0.2) is 38.1 Å². The second-order valence-corrected chi connectivity index (χ2v) is 5.77. The Labute approximate surface area is 95.4 Å². The first-order valence-corrected chi connectivity index (χ1v) is 6.40. The Bertz CT molecular complexity index is 177. The molecule has 0 radical (unpaired) electrons. The lowest BCUT2D eigenvalue weighted by Crippen LogP contribution is -2.49. The number of nitrogens with zero attached hydrogens (tertiary/aromatic N) is 1. The number of hydrogen-bond donors (Lipinski definition) is 1. The third-order valence-corrected chi connectivity index (χ3v) is 3.72. The van der Waals surface area contributed by atoms with Gasteiger partial charge in [0.15, 0.2) is 0 Å². The Morgan fingerprint density at radius 3 is 2.47 bits per heavy atom. The molecule has 0 spiro atoms. The fourth-order valence-corrected chi connectivity index (χ4v) is 2.81. The molecule has 1 fully saturated rings. The van der Waals surface area contributed by atoms with Gasteiger partial charge in [-0.3, -0.25) is 0 Å². The van der Waals surface area contributed by atoms with Crippen molar-refractivity contribution >= 4 is 0 Å². The number of piperidine rings is 1. The SMILES string of the molecule is CC(C)C(CN(C)C)C1NCCCC1C. The molecule has 0 amide bonds. The second kappa shape index (κ2) is 5.86. The maximum Gasteiger partial charge on any atom is 0.0136 e. The highest BCUT2D eigenvalue weighted by molar-refractivity contribution is 4.87. The number of hydrogen-bond acceptors (Lipinski definition) is 2. The standard InChI is InChI=1S/C13H28N2/c1-10(2)12(9-15(4)5)13-11(3)7-6-8-14-13/h10-14H,6-9H2,1-5H3. The van der Waals surface area contributed by atoms with Gasteiger partial charge in [-0.1, -0.05) is 20.8 Å². The molecule has 0 aromatic rings. The highest BCUT2D eigenvalue weighted by Gasteiger charge is 2.30. The van der Waals surface area contributed by atoms with E-state index in [9.17, 15) is 0 Å². The molecule has 3 atom stereocenters. The maximum atomic E-state index is 3.73. The van der Waals surface area contributed by atoms with Crippen LogP contribution in [0.2, 0.25) is 0 Å². The molecule has 1 rings (SSSR count). The summed E-state index contributed by atoms with van der Waals surface area (Å²) in [7, 11) is 4.37. The van der Waals surface area contributed by atoms with Crippen molar-refractivity contribution in [3.8, 4) is 0 Å². The fourth-order valence-electron chi connectivity index (χ4n) is 2.81. The number of nitrogens with one attached hydrogen (secondary N) is 1. The van der Waals surface area contributed by atoms with E-state index in [-0.39, 0.29) is 0 Å². The van der Waals surface area contributed by atoms with E-state index in [1.807, 2.05) is 0 Å². The zero-order chi connectivity index (χ0) is 11.4. The van der Waals surface area contributed by atoms with Gasteiger partial charge in [0.2, 0.25) is 0 Å². The zero-order valence-electron chi connectivity index (χ0n) is 11.1. The summed E-state index contributed by atoms with van der Waals surface area (Å²) in [6, 6.07) is 0.723. The minimum Gasteiger partial charge on any atom is -0.313 e. The zero-order valence-corrected chi connectivity index (χ0v) is 11.1. The molecule has 90 valence electrons. The molecular weight excluding hydrogens is 184 g/mol. The first-order chi connectivity index (χ1) is 7.02. The quantitative estimate of drug-likeness (QED) is 0.768. The number of rotatable bonds is 4. The first kappa shape index (κ1) is 13.0. The predicted molar refractivity (Wildman–Crippen MR) is 67.1 cm³/mol. The van der Waals surface area contributed by atoms with Crippen LogP contribution in [0.25, 0.3) is 0 Å². The minimum atomic E-state index is 0.723. The highest BCUT2D eigenvalue weighted by atomic mass is 15.1. The van der Waals surface area contributed by atoms with Gasteiger partial charge < -0.3 is 10.2 Å². The maximum absolute atomic E-state index is 3.73. The lowest BCUT2D eigenvalue weighted by molar-refractivity contribution is 0.148. The summed E-state index contributed by atoms with van der Waals surface area (Å²) in [5, 5.41) is 3.73. The van der Waals surface area contributed by atoms with Crippen molar-refractivity contribution in [2.75, 3.05) is 27.2 Å². The van der Waals surface area contributed by atoms with Crippen LogP contribution in [-0.2, 0) is 0 Å². The van der Waals surface area contributed by atoms with Gasteiger partial charge in [-0.2, -0.15) is 0 Å². The highest BCUT2D eigenvalue weighted by Crippen LogP contribution is 2.27. The van der Waals surface area contributed by atoms with E-state index in [1.165, 1.54) is 25.9 Å². The molecule has 0 aromatic heterocycles. The molecule has 0 saturated carbocycles. The van der Waals surface area contributed by atoms with Crippen LogP contribution in [0.5, 0.6) is 0 Å². The Morgan fingerprint density at radius 2 is 2.00 bits per heavy atom. The molecule has 2 nitrogen and oxygen atoms in total. The first-order valence-electron chi connectivity index (χ1n) is 6.40. The molecule has 0 bridgehead atoms. The van der Waals surface area contributed by atoms with Crippen molar-refractivity contribution in [1.82, 2.24) is 10.2 Å².